The molecule has 0 atom stereocenters. The van der Waals surface area contributed by atoms with Gasteiger partial charge in [0.25, 0.3) is 0 Å². The van der Waals surface area contributed by atoms with Crippen molar-refractivity contribution in [1.82, 2.24) is 10.3 Å². The average molecular weight is 251 g/mol. The van der Waals surface area contributed by atoms with Gasteiger partial charge in [-0.2, -0.15) is 0 Å². The monoisotopic (exact) mass is 251 g/mol. The molecule has 1 heterocycles. The highest BCUT2D eigenvalue weighted by atomic mass is 16.5. The quantitative estimate of drug-likeness (QED) is 0.837. The van der Waals surface area contributed by atoms with E-state index in [1.54, 1.807) is 25.4 Å². The van der Waals surface area contributed by atoms with Crippen molar-refractivity contribution in [2.24, 2.45) is 0 Å². The number of aromatic nitrogens is 1. The maximum Gasteiger partial charge on any atom is 0.244 e. The molecule has 1 aromatic heterocycles. The molecule has 1 amide bonds. The molecule has 1 rings (SSSR count). The number of nitrogens with zero attached hydrogens (tertiary/aromatic N) is 1. The predicted octanol–water partition coefficient (Wildman–Crippen LogP) is 1.81. The van der Waals surface area contributed by atoms with Crippen molar-refractivity contribution in [2.75, 3.05) is 12.4 Å². The largest absolute Gasteiger partial charge is 0.473 e. The van der Waals surface area contributed by atoms with Crippen LogP contribution in [0.5, 0.6) is 5.88 Å². The second kappa shape index (κ2) is 5.82. The van der Waals surface area contributed by atoms with Crippen LogP contribution in [0.4, 0.5) is 5.69 Å². The van der Waals surface area contributed by atoms with Crippen LogP contribution < -0.4 is 15.4 Å². The molecular formula is C13H21N3O2. The molecule has 0 unspecified atom stereocenters. The summed E-state index contributed by atoms with van der Waals surface area (Å²) in [5, 5.41) is 5.77. The molecule has 0 bridgehead atoms. The van der Waals surface area contributed by atoms with E-state index in [-0.39, 0.29) is 12.0 Å². The second-order valence-electron chi connectivity index (χ2n) is 4.85. The lowest BCUT2D eigenvalue weighted by atomic mass is 10.1. The van der Waals surface area contributed by atoms with Crippen LogP contribution in [0.1, 0.15) is 27.7 Å². The van der Waals surface area contributed by atoms with E-state index in [0.717, 1.165) is 0 Å². The maximum absolute atomic E-state index is 12.0. The fraction of sp³-hybridized carbons (Fsp3) is 0.538. The van der Waals surface area contributed by atoms with Crippen molar-refractivity contribution in [3.8, 4) is 5.88 Å². The van der Waals surface area contributed by atoms with Crippen LogP contribution in [0.15, 0.2) is 18.3 Å². The summed E-state index contributed by atoms with van der Waals surface area (Å²) in [4.78, 5) is 16.2. The number of anilines is 1. The summed E-state index contributed by atoms with van der Waals surface area (Å²) >= 11 is 0. The van der Waals surface area contributed by atoms with Gasteiger partial charge in [0.05, 0.1) is 11.6 Å². The molecule has 0 aromatic carbocycles. The Kier molecular flexibility index (Phi) is 4.67. The van der Waals surface area contributed by atoms with Gasteiger partial charge >= 0.3 is 0 Å². The Morgan fingerprint density at radius 1 is 1.44 bits per heavy atom. The fourth-order valence-electron chi connectivity index (χ4n) is 1.20. The number of nitrogens with one attached hydrogen (secondary N) is 2. The summed E-state index contributed by atoms with van der Waals surface area (Å²) in [7, 11) is 1.74. The number of carbonyl (C=O) groups is 1. The van der Waals surface area contributed by atoms with Crippen LogP contribution in [0, 0.1) is 0 Å². The third-order valence-electron chi connectivity index (χ3n) is 2.56. The molecular weight excluding hydrogens is 230 g/mol. The topological polar surface area (TPSA) is 63.2 Å². The fourth-order valence-corrected chi connectivity index (χ4v) is 1.20. The zero-order chi connectivity index (χ0) is 13.8. The Morgan fingerprint density at radius 3 is 2.67 bits per heavy atom. The summed E-state index contributed by atoms with van der Waals surface area (Å²) in [6, 6.07) is 3.53. The minimum atomic E-state index is -0.648. The minimum absolute atomic E-state index is 0.00728. The summed E-state index contributed by atoms with van der Waals surface area (Å²) in [6.45, 7) is 7.44. The standard InChI is InChI=1S/C13H21N3O2/c1-9(2)18-11-10(7-6-8-15-11)16-12(17)13(3,4)14-5/h6-9,14H,1-5H3,(H,16,17). The molecule has 0 radical (unpaired) electrons. The smallest absolute Gasteiger partial charge is 0.244 e. The number of pyridine rings is 1. The van der Waals surface area contributed by atoms with Crippen molar-refractivity contribution in [3.63, 3.8) is 0 Å². The molecule has 0 saturated heterocycles. The van der Waals surface area contributed by atoms with Gasteiger partial charge in [0, 0.05) is 6.20 Å². The molecule has 0 aliphatic carbocycles. The number of ether oxygens (including phenoxy) is 1. The van der Waals surface area contributed by atoms with Gasteiger partial charge < -0.3 is 15.4 Å². The molecule has 18 heavy (non-hydrogen) atoms. The van der Waals surface area contributed by atoms with E-state index in [1.807, 2.05) is 27.7 Å². The highest BCUT2D eigenvalue weighted by Crippen LogP contribution is 2.22. The number of likely N-dealkylation sites (N-methyl/N-ethyl adjacent to an activating group) is 1. The molecule has 0 aliphatic rings. The number of hydrogen-bond donors (Lipinski definition) is 2. The molecule has 1 aromatic rings. The first-order valence-corrected chi connectivity index (χ1v) is 5.99. The van der Waals surface area contributed by atoms with E-state index in [4.69, 9.17) is 4.74 Å². The lowest BCUT2D eigenvalue weighted by Crippen LogP contribution is -2.47. The highest BCUT2D eigenvalue weighted by Gasteiger charge is 2.26. The van der Waals surface area contributed by atoms with Crippen LogP contribution in [-0.4, -0.2) is 29.6 Å². The van der Waals surface area contributed by atoms with Gasteiger partial charge in [-0.1, -0.05) is 0 Å². The van der Waals surface area contributed by atoms with Crippen molar-refractivity contribution in [2.45, 2.75) is 39.3 Å². The van der Waals surface area contributed by atoms with E-state index in [1.165, 1.54) is 0 Å². The van der Waals surface area contributed by atoms with Gasteiger partial charge in [0.15, 0.2) is 0 Å². The Morgan fingerprint density at radius 2 is 2.11 bits per heavy atom. The summed E-state index contributed by atoms with van der Waals surface area (Å²) in [6.07, 6.45) is 1.64. The van der Waals surface area contributed by atoms with E-state index in [2.05, 4.69) is 15.6 Å². The third kappa shape index (κ3) is 3.70. The Labute approximate surface area is 108 Å². The zero-order valence-electron chi connectivity index (χ0n) is 11.6. The Bertz CT molecular complexity index is 416. The van der Waals surface area contributed by atoms with Crippen molar-refractivity contribution < 1.29 is 9.53 Å². The van der Waals surface area contributed by atoms with Crippen LogP contribution in [-0.2, 0) is 4.79 Å². The summed E-state index contributed by atoms with van der Waals surface area (Å²) in [5.74, 6) is 0.305. The Balaban J connectivity index is 2.87. The van der Waals surface area contributed by atoms with E-state index in [9.17, 15) is 4.79 Å². The van der Waals surface area contributed by atoms with Crippen molar-refractivity contribution in [3.05, 3.63) is 18.3 Å². The van der Waals surface area contributed by atoms with E-state index < -0.39 is 5.54 Å². The first kappa shape index (κ1) is 14.4. The molecule has 0 aliphatic heterocycles. The van der Waals surface area contributed by atoms with Crippen LogP contribution in [0.3, 0.4) is 0 Å². The number of hydrogen-bond acceptors (Lipinski definition) is 4. The second-order valence-corrected chi connectivity index (χ2v) is 4.85. The summed E-state index contributed by atoms with van der Waals surface area (Å²) in [5.41, 5.74) is -0.0650. The van der Waals surface area contributed by atoms with E-state index >= 15 is 0 Å². The molecule has 0 spiro atoms. The number of amides is 1. The van der Waals surface area contributed by atoms with Gasteiger partial charge in [-0.3, -0.25) is 4.79 Å². The lowest BCUT2D eigenvalue weighted by molar-refractivity contribution is -0.121. The zero-order valence-corrected chi connectivity index (χ0v) is 11.6. The molecule has 0 saturated carbocycles. The molecule has 5 heteroatoms. The van der Waals surface area contributed by atoms with E-state index in [0.29, 0.717) is 11.6 Å². The lowest BCUT2D eigenvalue weighted by Gasteiger charge is -2.23. The van der Waals surface area contributed by atoms with Crippen molar-refractivity contribution >= 4 is 11.6 Å². The molecule has 0 fully saturated rings. The van der Waals surface area contributed by atoms with Crippen LogP contribution in [0.25, 0.3) is 0 Å². The first-order valence-electron chi connectivity index (χ1n) is 5.99. The average Bonchev–Trinajstić information content (AvgIpc) is 2.31. The Hall–Kier alpha value is -1.62. The number of rotatable bonds is 5. The van der Waals surface area contributed by atoms with Crippen molar-refractivity contribution in [1.29, 1.82) is 0 Å². The SMILES string of the molecule is CNC(C)(C)C(=O)Nc1cccnc1OC(C)C. The predicted molar refractivity (Wildman–Crippen MR) is 71.8 cm³/mol. The summed E-state index contributed by atoms with van der Waals surface area (Å²) < 4.78 is 5.55. The molecule has 5 nitrogen and oxygen atoms in total. The van der Waals surface area contributed by atoms with Crippen LogP contribution >= 0.6 is 0 Å². The van der Waals surface area contributed by atoms with Crippen LogP contribution in [0.2, 0.25) is 0 Å². The van der Waals surface area contributed by atoms with Gasteiger partial charge in [-0.25, -0.2) is 4.98 Å². The maximum atomic E-state index is 12.0. The minimum Gasteiger partial charge on any atom is -0.473 e. The van der Waals surface area contributed by atoms with Gasteiger partial charge in [-0.05, 0) is 46.9 Å². The normalized spacial score (nSPS) is 11.4. The highest BCUT2D eigenvalue weighted by molar-refractivity contribution is 5.98. The van der Waals surface area contributed by atoms with Gasteiger partial charge in [0.1, 0.15) is 5.69 Å². The first-order chi connectivity index (χ1) is 8.36. The van der Waals surface area contributed by atoms with Gasteiger partial charge in [0.2, 0.25) is 11.8 Å². The number of carbonyl (C=O) groups excluding carboxylic acids is 1. The van der Waals surface area contributed by atoms with Gasteiger partial charge in [-0.15, -0.1) is 0 Å². The molecule has 2 N–H and O–H groups in total. The molecule has 100 valence electrons. The third-order valence-corrected chi connectivity index (χ3v) is 2.56.